The Balaban J connectivity index is 1.40. The van der Waals surface area contributed by atoms with Crippen molar-refractivity contribution in [1.82, 2.24) is 19.6 Å². The van der Waals surface area contributed by atoms with Gasteiger partial charge in [0.2, 0.25) is 17.7 Å². The first kappa shape index (κ1) is 35.7. The minimum absolute atomic E-state index is 0.0596. The lowest BCUT2D eigenvalue weighted by Crippen LogP contribution is -2.57. The maximum absolute atomic E-state index is 14.4. The Kier molecular flexibility index (Phi) is 11.7. The van der Waals surface area contributed by atoms with Gasteiger partial charge in [-0.1, -0.05) is 42.5 Å². The van der Waals surface area contributed by atoms with E-state index in [0.717, 1.165) is 13.1 Å². The van der Waals surface area contributed by atoms with Crippen molar-refractivity contribution in [2.75, 3.05) is 66.1 Å². The maximum Gasteiger partial charge on any atom is 0.313 e. The summed E-state index contributed by atoms with van der Waals surface area (Å²) in [5.74, 6) is -3.25. The van der Waals surface area contributed by atoms with E-state index < -0.39 is 47.7 Å². The molecule has 262 valence electrons. The zero-order chi connectivity index (χ0) is 34.4. The Hall–Kier alpha value is -3.58. The molecule has 2 bridgehead atoms. The highest BCUT2D eigenvalue weighted by Gasteiger charge is 2.75. The molecule has 3 amide bonds. The van der Waals surface area contributed by atoms with Crippen LogP contribution in [0.2, 0.25) is 0 Å². The number of likely N-dealkylation sites (N-methyl/N-ethyl adjacent to an activating group) is 1. The predicted molar refractivity (Wildman–Crippen MR) is 177 cm³/mol. The van der Waals surface area contributed by atoms with Crippen LogP contribution in [0.1, 0.15) is 44.3 Å². The number of likely N-dealkylation sites (tertiary alicyclic amines) is 1. The van der Waals surface area contributed by atoms with Crippen LogP contribution in [0.15, 0.2) is 55.6 Å². The molecule has 1 spiro atoms. The molecule has 48 heavy (non-hydrogen) atoms. The number of amides is 3. The molecule has 0 saturated carbocycles. The van der Waals surface area contributed by atoms with Gasteiger partial charge in [0.05, 0.1) is 43.8 Å². The Labute approximate surface area is 283 Å². The van der Waals surface area contributed by atoms with Gasteiger partial charge in [0, 0.05) is 52.7 Å². The second-order valence-electron chi connectivity index (χ2n) is 13.2. The van der Waals surface area contributed by atoms with Crippen LogP contribution in [0.3, 0.4) is 0 Å². The molecule has 0 aromatic heterocycles. The van der Waals surface area contributed by atoms with Crippen molar-refractivity contribution in [1.29, 1.82) is 0 Å². The molecular weight excluding hydrogens is 616 g/mol. The molecule has 4 saturated heterocycles. The van der Waals surface area contributed by atoms with E-state index in [1.54, 1.807) is 29.0 Å². The first-order valence-corrected chi connectivity index (χ1v) is 17.1. The normalized spacial score (nSPS) is 27.6. The third-order valence-corrected chi connectivity index (χ3v) is 10.5. The molecule has 7 atom stereocenters. The quantitative estimate of drug-likeness (QED) is 0.208. The van der Waals surface area contributed by atoms with E-state index in [1.807, 2.05) is 37.3 Å². The minimum Gasteiger partial charge on any atom is -0.455 e. The number of aliphatic hydroxyl groups is 1. The molecule has 4 heterocycles. The Bertz CT molecular complexity index is 1340. The van der Waals surface area contributed by atoms with Gasteiger partial charge in [0.25, 0.3) is 0 Å². The highest BCUT2D eigenvalue weighted by molar-refractivity contribution is 5.98. The maximum atomic E-state index is 14.4. The molecule has 0 unspecified atom stereocenters. The zero-order valence-corrected chi connectivity index (χ0v) is 28.2. The number of esters is 1. The average Bonchev–Trinajstić information content (AvgIpc) is 3.75. The van der Waals surface area contributed by atoms with E-state index in [4.69, 9.17) is 14.2 Å². The van der Waals surface area contributed by atoms with E-state index in [1.165, 1.54) is 4.90 Å². The summed E-state index contributed by atoms with van der Waals surface area (Å²) in [7, 11) is 1.69. The highest BCUT2D eigenvalue weighted by atomic mass is 16.6. The second-order valence-corrected chi connectivity index (χ2v) is 13.2. The van der Waals surface area contributed by atoms with Gasteiger partial charge in [0.1, 0.15) is 17.7 Å². The van der Waals surface area contributed by atoms with Crippen molar-refractivity contribution in [3.63, 3.8) is 0 Å². The Morgan fingerprint density at radius 1 is 1.15 bits per heavy atom. The molecule has 0 radical (unpaired) electrons. The van der Waals surface area contributed by atoms with Gasteiger partial charge in [-0.05, 0) is 31.7 Å². The highest BCUT2D eigenvalue weighted by Crippen LogP contribution is 2.59. The van der Waals surface area contributed by atoms with Gasteiger partial charge >= 0.3 is 5.97 Å². The number of nitrogens with zero attached hydrogens (tertiary/aromatic N) is 4. The topological polar surface area (TPSA) is 129 Å². The van der Waals surface area contributed by atoms with E-state index in [9.17, 15) is 24.3 Å². The molecule has 4 fully saturated rings. The van der Waals surface area contributed by atoms with Crippen molar-refractivity contribution >= 4 is 23.7 Å². The smallest absolute Gasteiger partial charge is 0.313 e. The molecule has 4 aliphatic rings. The minimum atomic E-state index is -1.22. The summed E-state index contributed by atoms with van der Waals surface area (Å²) in [4.78, 5) is 62.8. The van der Waals surface area contributed by atoms with Gasteiger partial charge in [-0.2, -0.15) is 0 Å². The molecule has 12 nitrogen and oxygen atoms in total. The van der Waals surface area contributed by atoms with Crippen LogP contribution in [0.25, 0.3) is 0 Å². The summed E-state index contributed by atoms with van der Waals surface area (Å²) in [6.07, 6.45) is 3.67. The number of hydrogen-bond donors (Lipinski definition) is 1. The van der Waals surface area contributed by atoms with Crippen molar-refractivity contribution in [2.45, 2.75) is 62.5 Å². The van der Waals surface area contributed by atoms with Gasteiger partial charge in [-0.15, -0.1) is 13.2 Å². The van der Waals surface area contributed by atoms with E-state index in [2.05, 4.69) is 18.1 Å². The summed E-state index contributed by atoms with van der Waals surface area (Å²) in [5, 5.41) is 10.00. The molecule has 0 aliphatic carbocycles. The lowest BCUT2D eigenvalue weighted by molar-refractivity contribution is -0.164. The van der Waals surface area contributed by atoms with E-state index in [-0.39, 0.29) is 43.8 Å². The molecule has 1 aromatic rings. The van der Waals surface area contributed by atoms with Crippen molar-refractivity contribution in [2.24, 2.45) is 11.8 Å². The lowest BCUT2D eigenvalue weighted by Gasteiger charge is -2.37. The number of carbonyl (C=O) groups excluding carboxylic acids is 4. The number of ether oxygens (including phenoxy) is 3. The number of aliphatic hydroxyl groups excluding tert-OH is 1. The molecular formula is C36H50N4O8. The summed E-state index contributed by atoms with van der Waals surface area (Å²) in [5.41, 5.74) is -0.505. The summed E-state index contributed by atoms with van der Waals surface area (Å²) >= 11 is 0. The monoisotopic (exact) mass is 666 g/mol. The standard InChI is InChI=1S/C36H50N4O8/c1-5-7-13-28(42)37(4)25(3)31(26-11-9-8-10-12-26)47-35(45)29-27-14-15-36(48-27)30(29)33(43)40(19-22-41)32(36)34(44)39(16-6-2)18-17-38-20-23-46-24-21-38/h5-6,8-12,25,27,29-32,41H,1-2,7,13-24H2,3-4H3/t25-,27+,29-,30-,31+,32+,36-/m0/s1. The van der Waals surface area contributed by atoms with Gasteiger partial charge in [-0.3, -0.25) is 24.1 Å². The third-order valence-electron chi connectivity index (χ3n) is 10.5. The Morgan fingerprint density at radius 3 is 2.54 bits per heavy atom. The van der Waals surface area contributed by atoms with Crippen molar-refractivity contribution in [3.8, 4) is 0 Å². The fourth-order valence-corrected chi connectivity index (χ4v) is 7.88. The van der Waals surface area contributed by atoms with Crippen molar-refractivity contribution in [3.05, 3.63) is 61.2 Å². The second kappa shape index (κ2) is 15.8. The number of allylic oxidation sites excluding steroid dienone is 1. The number of carbonyl (C=O) groups is 4. The number of morpholine rings is 1. The van der Waals surface area contributed by atoms with Crippen LogP contribution in [0.4, 0.5) is 0 Å². The fourth-order valence-electron chi connectivity index (χ4n) is 7.88. The number of fused-ring (bicyclic) bond motifs is 1. The van der Waals surface area contributed by atoms with Crippen LogP contribution in [-0.2, 0) is 33.4 Å². The molecule has 4 aliphatic heterocycles. The number of benzene rings is 1. The SMILES string of the molecule is C=CCCC(=O)N(C)[C@@H](C)[C@@H](OC(=O)[C@@H]1[C@H]2C(=O)N(CCO)[C@H](C(=O)N(CC=C)CCN3CCOCC3)[C@]23CC[C@H]1O3)c1ccccc1. The van der Waals surface area contributed by atoms with Gasteiger partial charge in [-0.25, -0.2) is 0 Å². The van der Waals surface area contributed by atoms with Crippen LogP contribution in [0, 0.1) is 11.8 Å². The van der Waals surface area contributed by atoms with Gasteiger partial charge < -0.3 is 34.0 Å². The van der Waals surface area contributed by atoms with E-state index in [0.29, 0.717) is 51.1 Å². The molecule has 5 rings (SSSR count). The summed E-state index contributed by atoms with van der Waals surface area (Å²) in [6, 6.07) is 7.73. The van der Waals surface area contributed by atoms with Gasteiger partial charge in [0.15, 0.2) is 0 Å². The van der Waals surface area contributed by atoms with Crippen LogP contribution in [-0.4, -0.2) is 138 Å². The largest absolute Gasteiger partial charge is 0.455 e. The van der Waals surface area contributed by atoms with Crippen LogP contribution < -0.4 is 0 Å². The first-order chi connectivity index (χ1) is 23.2. The summed E-state index contributed by atoms with van der Waals surface area (Å²) < 4.78 is 18.3. The predicted octanol–water partition coefficient (Wildman–Crippen LogP) is 1.80. The van der Waals surface area contributed by atoms with E-state index >= 15 is 0 Å². The molecule has 1 aromatic carbocycles. The lowest BCUT2D eigenvalue weighted by atomic mass is 9.70. The van der Waals surface area contributed by atoms with Crippen LogP contribution in [0.5, 0.6) is 0 Å². The average molecular weight is 667 g/mol. The fraction of sp³-hybridized carbons (Fsp3) is 0.611. The Morgan fingerprint density at radius 2 is 1.88 bits per heavy atom. The number of β-amino-alcohol motifs (C(OH)–C–C–N with tert-alkyl or cyclic N) is 1. The summed E-state index contributed by atoms with van der Waals surface area (Å²) in [6.45, 7) is 13.2. The van der Waals surface area contributed by atoms with Crippen LogP contribution >= 0.6 is 0 Å². The first-order valence-electron chi connectivity index (χ1n) is 17.1. The van der Waals surface area contributed by atoms with Crippen molar-refractivity contribution < 1.29 is 38.5 Å². The molecule has 1 N–H and O–H groups in total. The number of rotatable bonds is 16. The third kappa shape index (κ3) is 6.94. The number of hydrogen-bond acceptors (Lipinski definition) is 9. The molecule has 12 heteroatoms. The zero-order valence-electron chi connectivity index (χ0n) is 28.2.